The SMILES string of the molecule is NC(=O)[C@H]1C[C@H](O)C1. The molecule has 3 nitrogen and oxygen atoms in total. The summed E-state index contributed by atoms with van der Waals surface area (Å²) in [6, 6.07) is 0. The van der Waals surface area contributed by atoms with E-state index in [1.54, 1.807) is 0 Å². The summed E-state index contributed by atoms with van der Waals surface area (Å²) in [5, 5.41) is 8.66. The Kier molecular flexibility index (Phi) is 1.21. The molecule has 3 heteroatoms. The van der Waals surface area contributed by atoms with E-state index in [1.165, 1.54) is 0 Å². The molecule has 0 radical (unpaired) electrons. The molecule has 0 unspecified atom stereocenters. The van der Waals surface area contributed by atoms with Gasteiger partial charge in [0.05, 0.1) is 6.10 Å². The number of hydrogen-bond donors (Lipinski definition) is 2. The highest BCUT2D eigenvalue weighted by Gasteiger charge is 2.31. The van der Waals surface area contributed by atoms with Crippen LogP contribution in [0.4, 0.5) is 0 Å². The second-order valence-corrected chi connectivity index (χ2v) is 2.22. The Balaban J connectivity index is 2.25. The second-order valence-electron chi connectivity index (χ2n) is 2.22. The van der Waals surface area contributed by atoms with E-state index in [9.17, 15) is 4.79 Å². The average molecular weight is 115 g/mol. The molecule has 0 spiro atoms. The van der Waals surface area contributed by atoms with Crippen molar-refractivity contribution in [3.63, 3.8) is 0 Å². The minimum atomic E-state index is -0.282. The minimum absolute atomic E-state index is 0.0509. The van der Waals surface area contributed by atoms with Gasteiger partial charge in [0, 0.05) is 5.92 Å². The summed E-state index contributed by atoms with van der Waals surface area (Å²) in [6.07, 6.45) is 0.859. The molecule has 1 amide bonds. The van der Waals surface area contributed by atoms with Crippen molar-refractivity contribution in [2.24, 2.45) is 11.7 Å². The van der Waals surface area contributed by atoms with Gasteiger partial charge in [-0.15, -0.1) is 0 Å². The number of aliphatic hydroxyl groups is 1. The lowest BCUT2D eigenvalue weighted by atomic mass is 9.82. The van der Waals surface area contributed by atoms with Crippen LogP contribution < -0.4 is 5.73 Å². The lowest BCUT2D eigenvalue weighted by Crippen LogP contribution is -2.37. The fourth-order valence-electron chi connectivity index (χ4n) is 0.820. The summed E-state index contributed by atoms with van der Waals surface area (Å²) >= 11 is 0. The van der Waals surface area contributed by atoms with Crippen LogP contribution in [0.25, 0.3) is 0 Å². The third-order valence-corrected chi connectivity index (χ3v) is 1.52. The van der Waals surface area contributed by atoms with Gasteiger partial charge in [0.25, 0.3) is 0 Å². The third kappa shape index (κ3) is 0.816. The maximum atomic E-state index is 10.2. The van der Waals surface area contributed by atoms with Gasteiger partial charge < -0.3 is 10.8 Å². The van der Waals surface area contributed by atoms with Gasteiger partial charge in [-0.1, -0.05) is 0 Å². The number of hydrogen-bond acceptors (Lipinski definition) is 2. The summed E-state index contributed by atoms with van der Waals surface area (Å²) in [6.45, 7) is 0. The normalized spacial score (nSPS) is 36.1. The van der Waals surface area contributed by atoms with E-state index >= 15 is 0 Å². The Morgan fingerprint density at radius 3 is 2.25 bits per heavy atom. The van der Waals surface area contributed by atoms with Crippen molar-refractivity contribution in [2.45, 2.75) is 18.9 Å². The molecule has 0 atom stereocenters. The number of carbonyl (C=O) groups is 1. The Morgan fingerprint density at radius 2 is 2.12 bits per heavy atom. The Bertz CT molecular complexity index is 107. The van der Waals surface area contributed by atoms with Gasteiger partial charge in [0.15, 0.2) is 0 Å². The molecule has 0 aliphatic heterocycles. The van der Waals surface area contributed by atoms with Crippen LogP contribution in [0, 0.1) is 5.92 Å². The Morgan fingerprint density at radius 1 is 1.62 bits per heavy atom. The summed E-state index contributed by atoms with van der Waals surface area (Å²) in [7, 11) is 0. The fourth-order valence-corrected chi connectivity index (χ4v) is 0.820. The fraction of sp³-hybridized carbons (Fsp3) is 0.800. The van der Waals surface area contributed by atoms with Crippen molar-refractivity contribution in [1.82, 2.24) is 0 Å². The Hall–Kier alpha value is -0.570. The molecular weight excluding hydrogens is 106 g/mol. The zero-order valence-corrected chi connectivity index (χ0v) is 4.50. The zero-order chi connectivity index (χ0) is 6.15. The molecule has 8 heavy (non-hydrogen) atoms. The number of primary amides is 1. The summed E-state index contributed by atoms with van der Waals surface area (Å²) in [5.74, 6) is -0.333. The molecule has 0 aromatic heterocycles. The van der Waals surface area contributed by atoms with Crippen LogP contribution >= 0.6 is 0 Å². The van der Waals surface area contributed by atoms with Gasteiger partial charge in [-0.25, -0.2) is 0 Å². The van der Waals surface area contributed by atoms with E-state index in [2.05, 4.69) is 0 Å². The molecule has 0 bridgehead atoms. The summed E-state index contributed by atoms with van der Waals surface area (Å²) < 4.78 is 0. The van der Waals surface area contributed by atoms with Crippen LogP contribution in [0.2, 0.25) is 0 Å². The molecule has 3 N–H and O–H groups in total. The summed E-state index contributed by atoms with van der Waals surface area (Å²) in [4.78, 5) is 10.2. The number of amides is 1. The van der Waals surface area contributed by atoms with E-state index in [0.29, 0.717) is 12.8 Å². The van der Waals surface area contributed by atoms with Crippen LogP contribution in [0.15, 0.2) is 0 Å². The van der Waals surface area contributed by atoms with E-state index in [4.69, 9.17) is 10.8 Å². The smallest absolute Gasteiger partial charge is 0.220 e. The highest BCUT2D eigenvalue weighted by molar-refractivity contribution is 5.77. The van der Waals surface area contributed by atoms with Gasteiger partial charge >= 0.3 is 0 Å². The number of carbonyl (C=O) groups excluding carboxylic acids is 1. The number of aliphatic hydroxyl groups excluding tert-OH is 1. The number of nitrogens with two attached hydrogens (primary N) is 1. The lowest BCUT2D eigenvalue weighted by molar-refractivity contribution is -0.128. The first-order chi connectivity index (χ1) is 3.70. The zero-order valence-electron chi connectivity index (χ0n) is 4.50. The molecular formula is C5H9NO2. The molecule has 0 aromatic rings. The molecule has 0 saturated heterocycles. The molecule has 1 aliphatic carbocycles. The largest absolute Gasteiger partial charge is 0.393 e. The van der Waals surface area contributed by atoms with Crippen LogP contribution in [0.5, 0.6) is 0 Å². The van der Waals surface area contributed by atoms with Crippen LogP contribution in [-0.4, -0.2) is 17.1 Å². The van der Waals surface area contributed by atoms with Gasteiger partial charge in [0.2, 0.25) is 5.91 Å². The Labute approximate surface area is 47.5 Å². The quantitative estimate of drug-likeness (QED) is 0.472. The molecule has 46 valence electrons. The maximum absolute atomic E-state index is 10.2. The lowest BCUT2D eigenvalue weighted by Gasteiger charge is -2.28. The van der Waals surface area contributed by atoms with E-state index in [1.807, 2.05) is 0 Å². The first-order valence-electron chi connectivity index (χ1n) is 2.67. The molecule has 1 rings (SSSR count). The van der Waals surface area contributed by atoms with Crippen LogP contribution in [0.1, 0.15) is 12.8 Å². The van der Waals surface area contributed by atoms with E-state index < -0.39 is 0 Å². The van der Waals surface area contributed by atoms with Crippen molar-refractivity contribution in [2.75, 3.05) is 0 Å². The minimum Gasteiger partial charge on any atom is -0.393 e. The van der Waals surface area contributed by atoms with Crippen LogP contribution in [-0.2, 0) is 4.79 Å². The van der Waals surface area contributed by atoms with Crippen molar-refractivity contribution in [3.8, 4) is 0 Å². The highest BCUT2D eigenvalue weighted by Crippen LogP contribution is 2.25. The van der Waals surface area contributed by atoms with Crippen molar-refractivity contribution >= 4 is 5.91 Å². The predicted molar refractivity (Wildman–Crippen MR) is 27.9 cm³/mol. The molecule has 1 fully saturated rings. The first-order valence-corrected chi connectivity index (χ1v) is 2.67. The average Bonchev–Trinajstić information content (AvgIpc) is 1.57. The van der Waals surface area contributed by atoms with Crippen LogP contribution in [0.3, 0.4) is 0 Å². The molecule has 0 aromatic carbocycles. The van der Waals surface area contributed by atoms with E-state index in [0.717, 1.165) is 0 Å². The second kappa shape index (κ2) is 1.74. The standard InChI is InChI=1S/C5H9NO2/c6-5(8)3-1-4(7)2-3/h3-4,7H,1-2H2,(H2,6,8)/t3-,4-. The van der Waals surface area contributed by atoms with Crippen molar-refractivity contribution in [1.29, 1.82) is 0 Å². The van der Waals surface area contributed by atoms with Gasteiger partial charge in [-0.05, 0) is 12.8 Å². The maximum Gasteiger partial charge on any atom is 0.220 e. The summed E-state index contributed by atoms with van der Waals surface area (Å²) in [5.41, 5.74) is 4.91. The third-order valence-electron chi connectivity index (χ3n) is 1.52. The van der Waals surface area contributed by atoms with Gasteiger partial charge in [-0.2, -0.15) is 0 Å². The molecule has 0 heterocycles. The topological polar surface area (TPSA) is 63.3 Å². The van der Waals surface area contributed by atoms with Crippen molar-refractivity contribution in [3.05, 3.63) is 0 Å². The number of rotatable bonds is 1. The highest BCUT2D eigenvalue weighted by atomic mass is 16.3. The van der Waals surface area contributed by atoms with Gasteiger partial charge in [0.1, 0.15) is 0 Å². The predicted octanol–water partition coefficient (Wildman–Crippen LogP) is -0.757. The first kappa shape index (κ1) is 5.56. The molecule has 1 saturated carbocycles. The molecule has 1 aliphatic rings. The van der Waals surface area contributed by atoms with E-state index in [-0.39, 0.29) is 17.9 Å². The van der Waals surface area contributed by atoms with Gasteiger partial charge in [-0.3, -0.25) is 4.79 Å². The van der Waals surface area contributed by atoms with Crippen molar-refractivity contribution < 1.29 is 9.90 Å². The monoisotopic (exact) mass is 115 g/mol.